The molecule has 1 atom stereocenters. The van der Waals surface area contributed by atoms with Crippen LogP contribution in [0.3, 0.4) is 0 Å². The highest BCUT2D eigenvalue weighted by Crippen LogP contribution is 2.14. The van der Waals surface area contributed by atoms with Crippen LogP contribution in [0.15, 0.2) is 18.0 Å². The third kappa shape index (κ3) is 3.33. The highest BCUT2D eigenvalue weighted by molar-refractivity contribution is 7.09. The minimum atomic E-state index is -0.296. The van der Waals surface area contributed by atoms with Gasteiger partial charge in [-0.15, -0.1) is 11.3 Å². The number of piperazine rings is 1. The van der Waals surface area contributed by atoms with Crippen molar-refractivity contribution in [2.75, 3.05) is 26.2 Å². The summed E-state index contributed by atoms with van der Waals surface area (Å²) in [4.78, 5) is 25.1. The van der Waals surface area contributed by atoms with E-state index in [1.807, 2.05) is 18.7 Å². The molecule has 1 fully saturated rings. The molecule has 0 aliphatic carbocycles. The molecule has 118 valence electrons. The number of nitrogens with zero attached hydrogens (tertiary/aromatic N) is 6. The van der Waals surface area contributed by atoms with Crippen molar-refractivity contribution in [3.05, 3.63) is 28.7 Å². The van der Waals surface area contributed by atoms with E-state index in [2.05, 4.69) is 25.3 Å². The molecule has 0 bridgehead atoms. The van der Waals surface area contributed by atoms with Gasteiger partial charge in [-0.2, -0.15) is 5.10 Å². The lowest BCUT2D eigenvalue weighted by atomic mass is 10.2. The van der Waals surface area contributed by atoms with Crippen LogP contribution in [0.4, 0.5) is 0 Å². The minimum Gasteiger partial charge on any atom is -0.338 e. The van der Waals surface area contributed by atoms with Gasteiger partial charge in [-0.25, -0.2) is 14.6 Å². The summed E-state index contributed by atoms with van der Waals surface area (Å²) >= 11 is 1.68. The highest BCUT2D eigenvalue weighted by atomic mass is 32.1. The van der Waals surface area contributed by atoms with E-state index >= 15 is 0 Å². The zero-order valence-electron chi connectivity index (χ0n) is 12.8. The van der Waals surface area contributed by atoms with E-state index in [-0.39, 0.29) is 11.9 Å². The normalized spacial score (nSPS) is 17.6. The third-order valence-corrected chi connectivity index (χ3v) is 4.75. The summed E-state index contributed by atoms with van der Waals surface area (Å²) in [7, 11) is 0. The molecule has 1 aliphatic rings. The molecule has 1 amide bonds. The van der Waals surface area contributed by atoms with Gasteiger partial charge in [-0.1, -0.05) is 0 Å². The van der Waals surface area contributed by atoms with E-state index in [0.29, 0.717) is 0 Å². The van der Waals surface area contributed by atoms with E-state index in [4.69, 9.17) is 0 Å². The molecule has 2 aromatic heterocycles. The zero-order valence-corrected chi connectivity index (χ0v) is 13.7. The fourth-order valence-electron chi connectivity index (χ4n) is 2.63. The summed E-state index contributed by atoms with van der Waals surface area (Å²) in [5, 5.41) is 7.26. The molecule has 3 heterocycles. The lowest BCUT2D eigenvalue weighted by Gasteiger charge is -2.35. The van der Waals surface area contributed by atoms with Gasteiger partial charge in [0.15, 0.2) is 0 Å². The zero-order chi connectivity index (χ0) is 15.5. The second-order valence-electron chi connectivity index (χ2n) is 5.51. The smallest absolute Gasteiger partial charge is 0.247 e. The van der Waals surface area contributed by atoms with Crippen molar-refractivity contribution >= 4 is 17.2 Å². The van der Waals surface area contributed by atoms with Crippen LogP contribution in [0, 0.1) is 6.92 Å². The number of hydrogen-bond acceptors (Lipinski definition) is 6. The number of hydrogen-bond donors (Lipinski definition) is 0. The Labute approximate surface area is 133 Å². The van der Waals surface area contributed by atoms with Crippen LogP contribution in [0.5, 0.6) is 0 Å². The first-order chi connectivity index (χ1) is 10.6. The van der Waals surface area contributed by atoms with E-state index < -0.39 is 0 Å². The van der Waals surface area contributed by atoms with Crippen LogP contribution < -0.4 is 0 Å². The van der Waals surface area contributed by atoms with Crippen molar-refractivity contribution in [1.29, 1.82) is 0 Å². The number of carbonyl (C=O) groups is 1. The molecular weight excluding hydrogens is 300 g/mol. The van der Waals surface area contributed by atoms with Crippen LogP contribution >= 0.6 is 11.3 Å². The van der Waals surface area contributed by atoms with E-state index in [9.17, 15) is 4.79 Å². The fourth-order valence-corrected chi connectivity index (χ4v) is 3.23. The Morgan fingerprint density at radius 3 is 2.73 bits per heavy atom. The van der Waals surface area contributed by atoms with Gasteiger partial charge in [-0.05, 0) is 13.8 Å². The molecule has 22 heavy (non-hydrogen) atoms. The Balaban J connectivity index is 1.52. The molecule has 1 saturated heterocycles. The van der Waals surface area contributed by atoms with Gasteiger partial charge in [0.25, 0.3) is 0 Å². The van der Waals surface area contributed by atoms with Gasteiger partial charge < -0.3 is 4.90 Å². The molecule has 0 saturated carbocycles. The molecule has 0 radical (unpaired) electrons. The van der Waals surface area contributed by atoms with Crippen molar-refractivity contribution in [2.24, 2.45) is 0 Å². The lowest BCUT2D eigenvalue weighted by Crippen LogP contribution is -2.50. The van der Waals surface area contributed by atoms with Gasteiger partial charge in [0, 0.05) is 38.1 Å². The van der Waals surface area contributed by atoms with Crippen LogP contribution in [0.25, 0.3) is 0 Å². The first kappa shape index (κ1) is 15.1. The van der Waals surface area contributed by atoms with Crippen molar-refractivity contribution in [3.8, 4) is 0 Å². The van der Waals surface area contributed by atoms with E-state index in [1.165, 1.54) is 6.33 Å². The van der Waals surface area contributed by atoms with Crippen molar-refractivity contribution < 1.29 is 4.79 Å². The first-order valence-corrected chi connectivity index (χ1v) is 8.27. The Kier molecular flexibility index (Phi) is 4.49. The SMILES string of the molecule is Cc1nc(CN2CCN(C(=O)[C@H](C)n3cncn3)CC2)cs1. The van der Waals surface area contributed by atoms with E-state index in [1.54, 1.807) is 22.3 Å². The third-order valence-electron chi connectivity index (χ3n) is 3.93. The summed E-state index contributed by atoms with van der Waals surface area (Å²) in [6, 6.07) is -0.296. The minimum absolute atomic E-state index is 0.106. The Bertz CT molecular complexity index is 617. The molecule has 2 aromatic rings. The maximum atomic E-state index is 12.5. The number of carbonyl (C=O) groups excluding carboxylic acids is 1. The van der Waals surface area contributed by atoms with Crippen LogP contribution in [0.2, 0.25) is 0 Å². The largest absolute Gasteiger partial charge is 0.338 e. The van der Waals surface area contributed by atoms with Gasteiger partial charge in [-0.3, -0.25) is 9.69 Å². The molecule has 1 aliphatic heterocycles. The predicted molar refractivity (Wildman–Crippen MR) is 83.4 cm³/mol. The standard InChI is InChI=1S/C14H20N6OS/c1-11(20-10-15-9-16-20)14(21)19-5-3-18(4-6-19)7-13-8-22-12(2)17-13/h8-11H,3-7H2,1-2H3/t11-/m0/s1. The van der Waals surface area contributed by atoms with Crippen molar-refractivity contribution in [1.82, 2.24) is 29.5 Å². The molecule has 8 heteroatoms. The van der Waals surface area contributed by atoms with Gasteiger partial charge >= 0.3 is 0 Å². The Morgan fingerprint density at radius 2 is 2.14 bits per heavy atom. The maximum absolute atomic E-state index is 12.5. The summed E-state index contributed by atoms with van der Waals surface area (Å²) in [5.74, 6) is 0.106. The number of amides is 1. The van der Waals surface area contributed by atoms with Crippen LogP contribution in [-0.2, 0) is 11.3 Å². The lowest BCUT2D eigenvalue weighted by molar-refractivity contribution is -0.136. The average molecular weight is 320 g/mol. The van der Waals surface area contributed by atoms with Gasteiger partial charge in [0.2, 0.25) is 5.91 Å². The van der Waals surface area contributed by atoms with Gasteiger partial charge in [0.1, 0.15) is 18.7 Å². The number of aromatic nitrogens is 4. The van der Waals surface area contributed by atoms with Gasteiger partial charge in [0.05, 0.1) is 10.7 Å². The molecule has 0 N–H and O–H groups in total. The van der Waals surface area contributed by atoms with E-state index in [0.717, 1.165) is 43.4 Å². The molecule has 0 spiro atoms. The molecule has 0 aromatic carbocycles. The maximum Gasteiger partial charge on any atom is 0.247 e. The average Bonchev–Trinajstić information content (AvgIpc) is 3.18. The number of rotatable bonds is 4. The van der Waals surface area contributed by atoms with Crippen LogP contribution in [0.1, 0.15) is 23.7 Å². The first-order valence-electron chi connectivity index (χ1n) is 7.40. The van der Waals surface area contributed by atoms with Crippen molar-refractivity contribution in [2.45, 2.75) is 26.4 Å². The second kappa shape index (κ2) is 6.53. The summed E-state index contributed by atoms with van der Waals surface area (Å²) in [6.07, 6.45) is 3.04. The quantitative estimate of drug-likeness (QED) is 0.839. The second-order valence-corrected chi connectivity index (χ2v) is 6.57. The Morgan fingerprint density at radius 1 is 1.36 bits per heavy atom. The summed E-state index contributed by atoms with van der Waals surface area (Å²) in [5.41, 5.74) is 1.12. The highest BCUT2D eigenvalue weighted by Gasteiger charge is 2.26. The van der Waals surface area contributed by atoms with Crippen molar-refractivity contribution in [3.63, 3.8) is 0 Å². The predicted octanol–water partition coefficient (Wildman–Crippen LogP) is 0.948. The Hall–Kier alpha value is -1.80. The molecule has 7 nitrogen and oxygen atoms in total. The number of aryl methyl sites for hydroxylation is 1. The molecular formula is C14H20N6OS. The van der Waals surface area contributed by atoms with Crippen LogP contribution in [-0.4, -0.2) is 61.6 Å². The topological polar surface area (TPSA) is 67.2 Å². The summed E-state index contributed by atoms with van der Waals surface area (Å²) in [6.45, 7) is 8.02. The molecule has 0 unspecified atom stereocenters. The monoisotopic (exact) mass is 320 g/mol. The molecule has 3 rings (SSSR count). The fraction of sp³-hybridized carbons (Fsp3) is 0.571. The summed E-state index contributed by atoms with van der Waals surface area (Å²) < 4.78 is 1.60. The number of thiazole rings is 1.